The fraction of sp³-hybridized carbons (Fsp3) is 0. The van der Waals surface area contributed by atoms with Crippen LogP contribution in [0.25, 0.3) is 86.2 Å². The van der Waals surface area contributed by atoms with Crippen LogP contribution in [-0.4, -0.2) is 0 Å². The molecule has 0 saturated carbocycles. The van der Waals surface area contributed by atoms with E-state index >= 15 is 0 Å². The molecule has 1 heterocycles. The van der Waals surface area contributed by atoms with Crippen molar-refractivity contribution in [3.63, 3.8) is 0 Å². The van der Waals surface area contributed by atoms with Gasteiger partial charge in [-0.25, -0.2) is 0 Å². The Morgan fingerprint density at radius 2 is 0.776 bits per heavy atom. The van der Waals surface area contributed by atoms with Gasteiger partial charge >= 0.3 is 0 Å². The summed E-state index contributed by atoms with van der Waals surface area (Å²) < 4.78 is 2.58. The first-order valence-electron chi connectivity index (χ1n) is 19.8. The molecule has 10 aromatic carbocycles. The highest BCUT2D eigenvalue weighted by Gasteiger charge is 2.21. The Labute approximate surface area is 342 Å². The zero-order valence-electron chi connectivity index (χ0n) is 31.7. The summed E-state index contributed by atoms with van der Waals surface area (Å²) in [6.45, 7) is 0. The van der Waals surface area contributed by atoms with E-state index in [0.29, 0.717) is 0 Å². The van der Waals surface area contributed by atoms with Gasteiger partial charge in [-0.05, 0) is 115 Å². The Morgan fingerprint density at radius 3 is 1.50 bits per heavy atom. The first kappa shape index (κ1) is 34.0. The number of hydrogen-bond acceptors (Lipinski definition) is 2. The topological polar surface area (TPSA) is 3.24 Å². The van der Waals surface area contributed by atoms with Gasteiger partial charge < -0.3 is 4.90 Å². The highest BCUT2D eigenvalue weighted by molar-refractivity contribution is 7.26. The minimum atomic E-state index is 1.11. The van der Waals surface area contributed by atoms with Gasteiger partial charge in [0.15, 0.2) is 0 Å². The molecule has 0 radical (unpaired) electrons. The molecule has 1 aromatic heterocycles. The second kappa shape index (κ2) is 14.4. The fourth-order valence-corrected chi connectivity index (χ4v) is 9.93. The quantitative estimate of drug-likeness (QED) is 0.146. The van der Waals surface area contributed by atoms with Crippen LogP contribution in [0.2, 0.25) is 0 Å². The summed E-state index contributed by atoms with van der Waals surface area (Å²) in [5.74, 6) is 0. The Balaban J connectivity index is 1.10. The molecule has 0 spiro atoms. The predicted molar refractivity (Wildman–Crippen MR) is 251 cm³/mol. The maximum Gasteiger partial charge on any atom is 0.0554 e. The van der Waals surface area contributed by atoms with Crippen molar-refractivity contribution in [2.75, 3.05) is 4.90 Å². The van der Waals surface area contributed by atoms with E-state index in [-0.39, 0.29) is 0 Å². The van der Waals surface area contributed by atoms with Gasteiger partial charge in [0.1, 0.15) is 0 Å². The van der Waals surface area contributed by atoms with E-state index in [2.05, 4.69) is 229 Å². The van der Waals surface area contributed by atoms with Gasteiger partial charge in [-0.3, -0.25) is 0 Å². The van der Waals surface area contributed by atoms with E-state index in [9.17, 15) is 0 Å². The molecule has 11 aromatic rings. The lowest BCUT2D eigenvalue weighted by molar-refractivity contribution is 1.30. The lowest BCUT2D eigenvalue weighted by Crippen LogP contribution is -2.10. The Hall–Kier alpha value is -7.26. The van der Waals surface area contributed by atoms with Crippen LogP contribution < -0.4 is 4.90 Å². The predicted octanol–water partition coefficient (Wildman–Crippen LogP) is 16.5. The van der Waals surface area contributed by atoms with Crippen LogP contribution >= 0.6 is 11.3 Å². The molecule has 0 unspecified atom stereocenters. The maximum atomic E-state index is 2.43. The number of nitrogens with zero attached hydrogens (tertiary/aromatic N) is 1. The lowest BCUT2D eigenvalue weighted by Gasteiger charge is -2.27. The summed E-state index contributed by atoms with van der Waals surface area (Å²) in [5, 5.41) is 7.60. The molecule has 2 heteroatoms. The number of thiophene rings is 1. The lowest BCUT2D eigenvalue weighted by atomic mass is 9.84. The second-order valence-electron chi connectivity index (χ2n) is 14.8. The SMILES string of the molecule is c1ccc(-c2cccc(N(c3ccc(-c4ccc5c(c4)c(-c4ccccc4)c(-c4ccccc4)c4ccccc45)cc3)c3cccc4sc5ccccc5c34)c2)cc1. The number of fused-ring (bicyclic) bond motifs is 6. The van der Waals surface area contributed by atoms with E-state index in [1.54, 1.807) is 0 Å². The minimum Gasteiger partial charge on any atom is -0.310 e. The third kappa shape index (κ3) is 5.86. The molecule has 0 aliphatic heterocycles. The van der Waals surface area contributed by atoms with Crippen LogP contribution in [0.4, 0.5) is 17.1 Å². The molecule has 58 heavy (non-hydrogen) atoms. The van der Waals surface area contributed by atoms with Gasteiger partial charge in [-0.15, -0.1) is 11.3 Å². The largest absolute Gasteiger partial charge is 0.310 e. The molecule has 0 atom stereocenters. The summed E-state index contributed by atoms with van der Waals surface area (Å²) in [6.07, 6.45) is 0. The average Bonchev–Trinajstić information content (AvgIpc) is 3.69. The number of hydrogen-bond donors (Lipinski definition) is 0. The van der Waals surface area contributed by atoms with Crippen LogP contribution in [0.15, 0.2) is 224 Å². The molecule has 0 amide bonds. The van der Waals surface area contributed by atoms with Crippen LogP contribution in [0.3, 0.4) is 0 Å². The van der Waals surface area contributed by atoms with Crippen molar-refractivity contribution in [3.8, 4) is 44.5 Å². The minimum absolute atomic E-state index is 1.11. The molecule has 0 aliphatic rings. The molecule has 0 saturated heterocycles. The van der Waals surface area contributed by atoms with E-state index in [1.165, 1.54) is 91.9 Å². The summed E-state index contributed by atoms with van der Waals surface area (Å²) in [4.78, 5) is 2.43. The molecule has 0 bridgehead atoms. The van der Waals surface area contributed by atoms with Crippen molar-refractivity contribution < 1.29 is 0 Å². The van der Waals surface area contributed by atoms with Crippen molar-refractivity contribution in [3.05, 3.63) is 224 Å². The normalized spacial score (nSPS) is 11.4. The smallest absolute Gasteiger partial charge is 0.0554 e. The second-order valence-corrected chi connectivity index (χ2v) is 15.9. The molecule has 272 valence electrons. The van der Waals surface area contributed by atoms with Gasteiger partial charge in [0.25, 0.3) is 0 Å². The number of anilines is 3. The monoisotopic (exact) mass is 755 g/mol. The van der Waals surface area contributed by atoms with Gasteiger partial charge in [-0.1, -0.05) is 176 Å². The van der Waals surface area contributed by atoms with Gasteiger partial charge in [0, 0.05) is 31.5 Å². The zero-order chi connectivity index (χ0) is 38.4. The standard InChI is InChI=1S/C56H37NS/c1-4-16-38(17-5-1)42-22-14-23-45(36-42)57(51-27-15-29-53-56(51)49-26-12-13-28-52(49)58-53)44-33-30-39(31-34-44)43-32-35-47-46-24-10-11-25-48(46)54(40-18-6-2-7-19-40)55(50(47)37-43)41-20-8-3-9-21-41/h1-37H. The first-order valence-corrected chi connectivity index (χ1v) is 20.7. The first-order chi connectivity index (χ1) is 28.8. The number of benzene rings is 10. The van der Waals surface area contributed by atoms with Crippen LogP contribution in [0.1, 0.15) is 0 Å². The van der Waals surface area contributed by atoms with Gasteiger partial charge in [-0.2, -0.15) is 0 Å². The van der Waals surface area contributed by atoms with Crippen LogP contribution in [-0.2, 0) is 0 Å². The fourth-order valence-electron chi connectivity index (χ4n) is 8.81. The van der Waals surface area contributed by atoms with Crippen molar-refractivity contribution in [1.29, 1.82) is 0 Å². The maximum absolute atomic E-state index is 2.43. The van der Waals surface area contributed by atoms with E-state index < -0.39 is 0 Å². The summed E-state index contributed by atoms with van der Waals surface area (Å²) in [5.41, 5.74) is 13.1. The molecule has 0 aliphatic carbocycles. The van der Waals surface area contributed by atoms with Crippen LogP contribution in [0.5, 0.6) is 0 Å². The molecule has 1 nitrogen and oxygen atoms in total. The van der Waals surface area contributed by atoms with Crippen molar-refractivity contribution >= 4 is 70.1 Å². The highest BCUT2D eigenvalue weighted by atomic mass is 32.1. The highest BCUT2D eigenvalue weighted by Crippen LogP contribution is 2.47. The number of rotatable bonds is 7. The van der Waals surface area contributed by atoms with Gasteiger partial charge in [0.05, 0.1) is 5.69 Å². The molecule has 0 fully saturated rings. The Morgan fingerprint density at radius 1 is 0.276 bits per heavy atom. The van der Waals surface area contributed by atoms with E-state index in [0.717, 1.165) is 11.4 Å². The Bertz CT molecular complexity index is 3260. The van der Waals surface area contributed by atoms with Gasteiger partial charge in [0.2, 0.25) is 0 Å². The summed E-state index contributed by atoms with van der Waals surface area (Å²) >= 11 is 1.86. The summed E-state index contributed by atoms with van der Waals surface area (Å²) in [6, 6.07) is 81.9. The molecular formula is C56H37NS. The molecule has 11 rings (SSSR count). The van der Waals surface area contributed by atoms with Crippen molar-refractivity contribution in [2.24, 2.45) is 0 Å². The third-order valence-electron chi connectivity index (χ3n) is 11.4. The zero-order valence-corrected chi connectivity index (χ0v) is 32.5. The van der Waals surface area contributed by atoms with Crippen molar-refractivity contribution in [2.45, 2.75) is 0 Å². The van der Waals surface area contributed by atoms with E-state index in [4.69, 9.17) is 0 Å². The molecule has 0 N–H and O–H groups in total. The Kier molecular flexibility index (Phi) is 8.42. The average molecular weight is 756 g/mol. The van der Waals surface area contributed by atoms with Crippen molar-refractivity contribution in [1.82, 2.24) is 0 Å². The molecular weight excluding hydrogens is 719 g/mol. The van der Waals surface area contributed by atoms with Crippen LogP contribution in [0, 0.1) is 0 Å². The van der Waals surface area contributed by atoms with E-state index in [1.807, 2.05) is 11.3 Å². The summed E-state index contributed by atoms with van der Waals surface area (Å²) in [7, 11) is 0. The third-order valence-corrected chi connectivity index (χ3v) is 12.6.